The van der Waals surface area contributed by atoms with Gasteiger partial charge in [-0.15, -0.1) is 0 Å². The largest absolute Gasteiger partial charge is 0.394 e. The van der Waals surface area contributed by atoms with Crippen molar-refractivity contribution in [2.45, 2.75) is 30.6 Å². The van der Waals surface area contributed by atoms with Gasteiger partial charge in [0, 0.05) is 0 Å². The van der Waals surface area contributed by atoms with E-state index in [1.165, 1.54) is 0 Å². The molecule has 8 nitrogen and oxygen atoms in total. The maximum Gasteiger partial charge on any atom is 0.317 e. The van der Waals surface area contributed by atoms with Gasteiger partial charge in [0.05, 0.1) is 12.6 Å². The second-order valence-corrected chi connectivity index (χ2v) is 3.38. The maximum absolute atomic E-state index is 10.9. The minimum absolute atomic E-state index is 0.530. The lowest BCUT2D eigenvalue weighted by Gasteiger charge is -2.45. The third-order valence-corrected chi connectivity index (χ3v) is 2.48. The summed E-state index contributed by atoms with van der Waals surface area (Å²) >= 11 is 0. The normalized spacial score (nSPS) is 41.7. The Bertz CT molecular complexity index is 250. The summed E-state index contributed by atoms with van der Waals surface area (Å²) in [5, 5.41) is 46.2. The van der Waals surface area contributed by atoms with Crippen molar-refractivity contribution in [2.75, 3.05) is 6.61 Å². The standard InChI is InChI=1S/C7H14N2O6/c8-7(15)9-2(1-10)3(11)4(12)5(13)6(9)14/h2-6,10-14H,1H2,(H2,8,15)/t2-,3-,4+,5-,6?/m1/s1. The fourth-order valence-electron chi connectivity index (χ4n) is 1.62. The van der Waals surface area contributed by atoms with Crippen LogP contribution in [-0.2, 0) is 0 Å². The van der Waals surface area contributed by atoms with Gasteiger partial charge in [0.2, 0.25) is 0 Å². The molecule has 0 aromatic heterocycles. The van der Waals surface area contributed by atoms with Gasteiger partial charge in [-0.1, -0.05) is 0 Å². The van der Waals surface area contributed by atoms with E-state index in [0.29, 0.717) is 4.90 Å². The quantitative estimate of drug-likeness (QED) is 0.267. The summed E-state index contributed by atoms with van der Waals surface area (Å²) in [6.07, 6.45) is -6.69. The van der Waals surface area contributed by atoms with Crippen LogP contribution in [0.1, 0.15) is 0 Å². The van der Waals surface area contributed by atoms with Crippen LogP contribution in [0.15, 0.2) is 0 Å². The lowest BCUT2D eigenvalue weighted by atomic mass is 9.93. The number of carbonyl (C=O) groups excluding carboxylic acids is 1. The van der Waals surface area contributed by atoms with E-state index in [1.54, 1.807) is 0 Å². The number of rotatable bonds is 1. The number of hydrogen-bond donors (Lipinski definition) is 6. The fourth-order valence-corrected chi connectivity index (χ4v) is 1.62. The molecule has 5 atom stereocenters. The number of primary amides is 1. The molecule has 2 amide bonds. The van der Waals surface area contributed by atoms with Crippen LogP contribution in [0.25, 0.3) is 0 Å². The second kappa shape index (κ2) is 4.29. The van der Waals surface area contributed by atoms with E-state index in [1.807, 2.05) is 0 Å². The second-order valence-electron chi connectivity index (χ2n) is 3.38. The number of piperidine rings is 1. The molecule has 88 valence electrons. The lowest BCUT2D eigenvalue weighted by Crippen LogP contribution is -2.69. The molecule has 0 saturated carbocycles. The molecular formula is C7H14N2O6. The summed E-state index contributed by atoms with van der Waals surface area (Å²) < 4.78 is 0. The Kier molecular flexibility index (Phi) is 3.47. The first-order chi connectivity index (χ1) is 6.91. The Balaban J connectivity index is 2.97. The molecule has 1 heterocycles. The zero-order valence-electron chi connectivity index (χ0n) is 7.76. The molecule has 1 unspecified atom stereocenters. The molecule has 0 spiro atoms. The van der Waals surface area contributed by atoms with Crippen LogP contribution < -0.4 is 5.73 Å². The van der Waals surface area contributed by atoms with Gasteiger partial charge in [0.1, 0.15) is 18.3 Å². The highest BCUT2D eigenvalue weighted by Gasteiger charge is 2.48. The third-order valence-electron chi connectivity index (χ3n) is 2.48. The van der Waals surface area contributed by atoms with E-state index in [0.717, 1.165) is 0 Å². The van der Waals surface area contributed by atoms with Gasteiger partial charge in [0.15, 0.2) is 6.23 Å². The minimum Gasteiger partial charge on any atom is -0.394 e. The van der Waals surface area contributed by atoms with Gasteiger partial charge in [-0.25, -0.2) is 4.79 Å². The number of likely N-dealkylation sites (tertiary alicyclic amines) is 1. The van der Waals surface area contributed by atoms with Gasteiger partial charge >= 0.3 is 6.03 Å². The number of amides is 2. The third kappa shape index (κ3) is 1.90. The van der Waals surface area contributed by atoms with Gasteiger partial charge in [0.25, 0.3) is 0 Å². The number of urea groups is 1. The molecule has 1 rings (SSSR count). The van der Waals surface area contributed by atoms with Gasteiger partial charge in [-0.3, -0.25) is 4.90 Å². The van der Waals surface area contributed by atoms with Crippen LogP contribution in [0, 0.1) is 0 Å². The summed E-state index contributed by atoms with van der Waals surface area (Å²) in [7, 11) is 0. The summed E-state index contributed by atoms with van der Waals surface area (Å²) in [5.41, 5.74) is 4.91. The number of nitrogens with zero attached hydrogens (tertiary/aromatic N) is 1. The maximum atomic E-state index is 10.9. The van der Waals surface area contributed by atoms with Crippen molar-refractivity contribution in [3.63, 3.8) is 0 Å². The summed E-state index contributed by atoms with van der Waals surface area (Å²) in [6, 6.07) is -2.34. The van der Waals surface area contributed by atoms with Gasteiger partial charge < -0.3 is 31.3 Å². The Labute approximate surface area is 85.2 Å². The lowest BCUT2D eigenvalue weighted by molar-refractivity contribution is -0.205. The minimum atomic E-state index is -1.75. The summed E-state index contributed by atoms with van der Waals surface area (Å²) in [6.45, 7) is -0.690. The van der Waals surface area contributed by atoms with Crippen LogP contribution in [-0.4, -0.2) is 73.7 Å². The molecule has 1 aliphatic rings. The van der Waals surface area contributed by atoms with Crippen molar-refractivity contribution in [1.29, 1.82) is 0 Å². The monoisotopic (exact) mass is 222 g/mol. The van der Waals surface area contributed by atoms with Gasteiger partial charge in [-0.2, -0.15) is 0 Å². The Morgan fingerprint density at radius 2 is 1.67 bits per heavy atom. The number of hydrogen-bond acceptors (Lipinski definition) is 6. The van der Waals surface area contributed by atoms with E-state index in [9.17, 15) is 25.2 Å². The van der Waals surface area contributed by atoms with Crippen molar-refractivity contribution in [3.05, 3.63) is 0 Å². The van der Waals surface area contributed by atoms with Crippen molar-refractivity contribution in [1.82, 2.24) is 4.90 Å². The summed E-state index contributed by atoms with van der Waals surface area (Å²) in [5.74, 6) is 0. The Morgan fingerprint density at radius 1 is 1.13 bits per heavy atom. The molecule has 0 aromatic rings. The van der Waals surface area contributed by atoms with E-state index >= 15 is 0 Å². The molecule has 0 radical (unpaired) electrons. The number of aliphatic hydroxyl groups is 5. The highest BCUT2D eigenvalue weighted by Crippen LogP contribution is 2.22. The van der Waals surface area contributed by atoms with Crippen LogP contribution >= 0.6 is 0 Å². The smallest absolute Gasteiger partial charge is 0.317 e. The molecule has 1 saturated heterocycles. The molecule has 15 heavy (non-hydrogen) atoms. The number of nitrogens with two attached hydrogens (primary N) is 1. The number of aliphatic hydroxyl groups excluding tert-OH is 5. The molecule has 8 heteroatoms. The number of carbonyl (C=O) groups is 1. The van der Waals surface area contributed by atoms with Crippen LogP contribution in [0.5, 0.6) is 0 Å². The average molecular weight is 222 g/mol. The fraction of sp³-hybridized carbons (Fsp3) is 0.857. The van der Waals surface area contributed by atoms with Crippen molar-refractivity contribution in [3.8, 4) is 0 Å². The zero-order chi connectivity index (χ0) is 11.7. The van der Waals surface area contributed by atoms with Gasteiger partial charge in [-0.05, 0) is 0 Å². The van der Waals surface area contributed by atoms with Crippen LogP contribution in [0.4, 0.5) is 4.79 Å². The highest BCUT2D eigenvalue weighted by atomic mass is 16.4. The van der Waals surface area contributed by atoms with Crippen molar-refractivity contribution < 1.29 is 30.3 Å². The SMILES string of the molecule is NC(=O)N1C(O)[C@H](O)[C@@H](O)[C@H](O)[C@H]1CO. The summed E-state index contributed by atoms with van der Waals surface area (Å²) in [4.78, 5) is 11.4. The first-order valence-corrected chi connectivity index (χ1v) is 4.32. The van der Waals surface area contributed by atoms with Crippen LogP contribution in [0.3, 0.4) is 0 Å². The van der Waals surface area contributed by atoms with E-state index in [-0.39, 0.29) is 0 Å². The van der Waals surface area contributed by atoms with E-state index in [2.05, 4.69) is 0 Å². The molecule has 7 N–H and O–H groups in total. The van der Waals surface area contributed by atoms with E-state index in [4.69, 9.17) is 10.8 Å². The van der Waals surface area contributed by atoms with Crippen LogP contribution in [0.2, 0.25) is 0 Å². The first-order valence-electron chi connectivity index (χ1n) is 4.32. The Hall–Kier alpha value is -0.930. The predicted molar refractivity (Wildman–Crippen MR) is 46.3 cm³/mol. The average Bonchev–Trinajstić information content (AvgIpc) is 2.19. The Morgan fingerprint density at radius 3 is 2.07 bits per heavy atom. The molecule has 0 bridgehead atoms. The molecule has 0 aromatic carbocycles. The first kappa shape index (κ1) is 12.1. The molecule has 1 fully saturated rings. The topological polar surface area (TPSA) is 147 Å². The van der Waals surface area contributed by atoms with Crippen molar-refractivity contribution >= 4 is 6.03 Å². The molecule has 1 aliphatic heterocycles. The zero-order valence-corrected chi connectivity index (χ0v) is 7.76. The van der Waals surface area contributed by atoms with Crippen molar-refractivity contribution in [2.24, 2.45) is 5.73 Å². The molecule has 0 aliphatic carbocycles. The van der Waals surface area contributed by atoms with E-state index < -0.39 is 43.2 Å². The highest BCUT2D eigenvalue weighted by molar-refractivity contribution is 5.73. The predicted octanol–water partition coefficient (Wildman–Crippen LogP) is -3.86. The molecular weight excluding hydrogens is 208 g/mol.